The number of hydrogen-bond acceptors (Lipinski definition) is 4. The molecule has 5 heteroatoms. The number of carbonyl (C=O) groups is 1. The van der Waals surface area contributed by atoms with E-state index >= 15 is 0 Å². The first-order valence-electron chi connectivity index (χ1n) is 6.29. The molecular weight excluding hydrogens is 242 g/mol. The van der Waals surface area contributed by atoms with E-state index in [2.05, 4.69) is 6.07 Å². The first-order valence-corrected chi connectivity index (χ1v) is 6.29. The molecule has 0 aliphatic heterocycles. The fraction of sp³-hybridized carbons (Fsp3) is 0.429. The van der Waals surface area contributed by atoms with Crippen LogP contribution in [0.1, 0.15) is 29.6 Å². The van der Waals surface area contributed by atoms with Crippen LogP contribution in [-0.2, 0) is 0 Å². The Balaban J connectivity index is 2.29. The smallest absolute Gasteiger partial charge is 0.260 e. The fourth-order valence-corrected chi connectivity index (χ4v) is 2.10. The van der Waals surface area contributed by atoms with Crippen LogP contribution in [0, 0.1) is 11.3 Å². The van der Waals surface area contributed by atoms with Crippen LogP contribution in [0.2, 0.25) is 0 Å². The molecule has 1 saturated carbocycles. The highest BCUT2D eigenvalue weighted by atomic mass is 16.5. The molecule has 100 valence electrons. The number of nitrogens with two attached hydrogens (primary N) is 1. The molecule has 0 bridgehead atoms. The number of amides is 1. The molecule has 0 radical (unpaired) electrons. The van der Waals surface area contributed by atoms with Gasteiger partial charge < -0.3 is 15.4 Å². The van der Waals surface area contributed by atoms with Crippen LogP contribution >= 0.6 is 0 Å². The first kappa shape index (κ1) is 13.2. The van der Waals surface area contributed by atoms with E-state index in [0.29, 0.717) is 30.0 Å². The summed E-state index contributed by atoms with van der Waals surface area (Å²) >= 11 is 0. The maximum Gasteiger partial charge on any atom is 0.260 e. The van der Waals surface area contributed by atoms with Crippen LogP contribution in [0.5, 0.6) is 5.75 Å². The molecule has 1 fully saturated rings. The summed E-state index contributed by atoms with van der Waals surface area (Å²) in [4.78, 5) is 14.3. The Morgan fingerprint density at radius 2 is 2.32 bits per heavy atom. The van der Waals surface area contributed by atoms with Crippen LogP contribution in [0.4, 0.5) is 5.69 Å². The Morgan fingerprint density at radius 1 is 1.58 bits per heavy atom. The maximum absolute atomic E-state index is 12.6. The van der Waals surface area contributed by atoms with Crippen molar-refractivity contribution in [1.29, 1.82) is 5.26 Å². The highest BCUT2D eigenvalue weighted by Crippen LogP contribution is 2.32. The predicted octanol–water partition coefficient (Wildman–Crippen LogP) is 1.80. The third-order valence-corrected chi connectivity index (χ3v) is 3.21. The Labute approximate surface area is 112 Å². The van der Waals surface area contributed by atoms with Crippen molar-refractivity contribution in [1.82, 2.24) is 4.90 Å². The monoisotopic (exact) mass is 259 g/mol. The van der Waals surface area contributed by atoms with E-state index in [0.717, 1.165) is 12.8 Å². The minimum atomic E-state index is -0.146. The lowest BCUT2D eigenvalue weighted by Crippen LogP contribution is -2.34. The molecule has 1 aromatic rings. The highest BCUT2D eigenvalue weighted by molar-refractivity contribution is 6.02. The van der Waals surface area contributed by atoms with Crippen LogP contribution < -0.4 is 10.5 Å². The standard InChI is InChI=1S/C14H17N3O2/c1-19-12-5-2-4-11(16)13(12)14(18)17(9-3-8-15)10-6-7-10/h2,4-5,10H,3,6-7,9,16H2,1H3. The van der Waals surface area contributed by atoms with Crippen LogP contribution in [0.15, 0.2) is 18.2 Å². The summed E-state index contributed by atoms with van der Waals surface area (Å²) in [5.41, 5.74) is 6.70. The fourth-order valence-electron chi connectivity index (χ4n) is 2.10. The van der Waals surface area contributed by atoms with Crippen molar-refractivity contribution >= 4 is 11.6 Å². The first-order chi connectivity index (χ1) is 9.19. The van der Waals surface area contributed by atoms with Crippen molar-refractivity contribution in [3.63, 3.8) is 0 Å². The molecule has 1 amide bonds. The van der Waals surface area contributed by atoms with Crippen LogP contribution in [0.3, 0.4) is 0 Å². The molecule has 0 spiro atoms. The molecule has 1 aromatic carbocycles. The van der Waals surface area contributed by atoms with Gasteiger partial charge in [0, 0.05) is 18.3 Å². The SMILES string of the molecule is COc1cccc(N)c1C(=O)N(CCC#N)C1CC1. The van der Waals surface area contributed by atoms with Gasteiger partial charge in [0.1, 0.15) is 11.3 Å². The number of carbonyl (C=O) groups excluding carboxylic acids is 1. The van der Waals surface area contributed by atoms with E-state index in [1.807, 2.05) is 0 Å². The number of nitriles is 1. The highest BCUT2D eigenvalue weighted by Gasteiger charge is 2.34. The Bertz CT molecular complexity index is 518. The normalized spacial score (nSPS) is 13.7. The molecule has 0 unspecified atom stereocenters. The summed E-state index contributed by atoms with van der Waals surface area (Å²) < 4.78 is 5.21. The summed E-state index contributed by atoms with van der Waals surface area (Å²) in [6, 6.07) is 7.47. The molecule has 19 heavy (non-hydrogen) atoms. The van der Waals surface area contributed by atoms with Crippen molar-refractivity contribution in [2.45, 2.75) is 25.3 Å². The van der Waals surface area contributed by atoms with E-state index in [1.54, 1.807) is 23.1 Å². The van der Waals surface area contributed by atoms with E-state index in [-0.39, 0.29) is 11.9 Å². The van der Waals surface area contributed by atoms with Gasteiger partial charge in [0.05, 0.1) is 19.6 Å². The topological polar surface area (TPSA) is 79.3 Å². The lowest BCUT2D eigenvalue weighted by molar-refractivity contribution is 0.0744. The second-order valence-corrected chi connectivity index (χ2v) is 4.56. The minimum Gasteiger partial charge on any atom is -0.496 e. The van der Waals surface area contributed by atoms with Gasteiger partial charge in [0.2, 0.25) is 0 Å². The van der Waals surface area contributed by atoms with Gasteiger partial charge in [-0.2, -0.15) is 5.26 Å². The molecule has 0 atom stereocenters. The zero-order valence-corrected chi connectivity index (χ0v) is 10.9. The minimum absolute atomic E-state index is 0.146. The van der Waals surface area contributed by atoms with Gasteiger partial charge in [0.25, 0.3) is 5.91 Å². The second-order valence-electron chi connectivity index (χ2n) is 4.56. The largest absolute Gasteiger partial charge is 0.496 e. The quantitative estimate of drug-likeness (QED) is 0.818. The molecule has 1 aliphatic rings. The van der Waals surface area contributed by atoms with Crippen molar-refractivity contribution < 1.29 is 9.53 Å². The number of hydrogen-bond donors (Lipinski definition) is 1. The van der Waals surface area contributed by atoms with E-state index < -0.39 is 0 Å². The number of rotatable bonds is 5. The summed E-state index contributed by atoms with van der Waals surface area (Å²) in [7, 11) is 1.52. The van der Waals surface area contributed by atoms with Gasteiger partial charge in [-0.25, -0.2) is 0 Å². The average Bonchev–Trinajstić information content (AvgIpc) is 3.23. The number of benzene rings is 1. The second kappa shape index (κ2) is 5.61. The number of nitrogens with zero attached hydrogens (tertiary/aromatic N) is 2. The third kappa shape index (κ3) is 2.79. The zero-order chi connectivity index (χ0) is 13.8. The zero-order valence-electron chi connectivity index (χ0n) is 10.9. The van der Waals surface area contributed by atoms with Gasteiger partial charge in [-0.1, -0.05) is 6.07 Å². The average molecular weight is 259 g/mol. The molecule has 0 aromatic heterocycles. The van der Waals surface area contributed by atoms with Gasteiger partial charge in [0.15, 0.2) is 0 Å². The maximum atomic E-state index is 12.6. The summed E-state index contributed by atoms with van der Waals surface area (Å²) in [5, 5.41) is 8.69. The van der Waals surface area contributed by atoms with Crippen molar-refractivity contribution in [2.24, 2.45) is 0 Å². The van der Waals surface area contributed by atoms with Crippen molar-refractivity contribution in [3.05, 3.63) is 23.8 Å². The van der Waals surface area contributed by atoms with Gasteiger partial charge in [-0.05, 0) is 25.0 Å². The Hall–Kier alpha value is -2.22. The van der Waals surface area contributed by atoms with E-state index in [1.165, 1.54) is 7.11 Å². The van der Waals surface area contributed by atoms with Crippen LogP contribution in [-0.4, -0.2) is 30.5 Å². The molecule has 5 nitrogen and oxygen atoms in total. The third-order valence-electron chi connectivity index (χ3n) is 3.21. The molecule has 0 saturated heterocycles. The lowest BCUT2D eigenvalue weighted by Gasteiger charge is -2.23. The van der Waals surface area contributed by atoms with Gasteiger partial charge in [-0.15, -0.1) is 0 Å². The molecule has 2 N–H and O–H groups in total. The summed E-state index contributed by atoms with van der Waals surface area (Å²) in [5.74, 6) is 0.334. The van der Waals surface area contributed by atoms with Gasteiger partial charge in [-0.3, -0.25) is 4.79 Å². The molecule has 2 rings (SSSR count). The molecule has 0 heterocycles. The number of methoxy groups -OCH3 is 1. The Kier molecular flexibility index (Phi) is 3.91. The lowest BCUT2D eigenvalue weighted by atomic mass is 10.1. The number of ether oxygens (including phenoxy) is 1. The van der Waals surface area contributed by atoms with Crippen molar-refractivity contribution in [2.75, 3.05) is 19.4 Å². The molecular formula is C14H17N3O2. The van der Waals surface area contributed by atoms with E-state index in [4.69, 9.17) is 15.7 Å². The Morgan fingerprint density at radius 3 is 2.89 bits per heavy atom. The molecule has 1 aliphatic carbocycles. The number of nitrogen functional groups attached to an aromatic ring is 1. The van der Waals surface area contributed by atoms with Crippen LogP contribution in [0.25, 0.3) is 0 Å². The van der Waals surface area contributed by atoms with Gasteiger partial charge >= 0.3 is 0 Å². The summed E-state index contributed by atoms with van der Waals surface area (Å²) in [6.45, 7) is 0.442. The van der Waals surface area contributed by atoms with E-state index in [9.17, 15) is 4.79 Å². The van der Waals surface area contributed by atoms with Crippen molar-refractivity contribution in [3.8, 4) is 11.8 Å². The summed E-state index contributed by atoms with van der Waals surface area (Å²) in [6.07, 6.45) is 2.32. The number of anilines is 1. The predicted molar refractivity (Wildman–Crippen MR) is 71.7 cm³/mol.